The zero-order chi connectivity index (χ0) is 11.0. The molecular weight excluding hydrogens is 180 g/mol. The number of rotatable bonds is 5. The zero-order valence-corrected chi connectivity index (χ0v) is 8.54. The molecule has 0 aromatic heterocycles. The molecule has 0 saturated carbocycles. The molecule has 0 rings (SSSR count). The van der Waals surface area contributed by atoms with E-state index in [0.29, 0.717) is 12.8 Å². The van der Waals surface area contributed by atoms with Crippen molar-refractivity contribution >= 4 is 5.97 Å². The van der Waals surface area contributed by atoms with Crippen LogP contribution in [0.4, 0.5) is 0 Å². The van der Waals surface area contributed by atoms with Crippen LogP contribution in [0.5, 0.6) is 0 Å². The molecule has 76 valence electrons. The van der Waals surface area contributed by atoms with E-state index < -0.39 is 11.6 Å². The van der Waals surface area contributed by atoms with E-state index in [1.54, 1.807) is 12.1 Å². The van der Waals surface area contributed by atoms with E-state index in [1.165, 1.54) is 0 Å². The van der Waals surface area contributed by atoms with Crippen molar-refractivity contribution in [2.24, 2.45) is 0 Å². The second-order valence-electron chi connectivity index (χ2n) is 3.02. The van der Waals surface area contributed by atoms with Gasteiger partial charge in [0.25, 0.3) is 5.60 Å². The number of nitriles is 2. The van der Waals surface area contributed by atoms with Crippen LogP contribution >= 0.6 is 0 Å². The van der Waals surface area contributed by atoms with Crippen LogP contribution in [-0.2, 0) is 9.53 Å². The zero-order valence-electron chi connectivity index (χ0n) is 8.54. The lowest BCUT2D eigenvalue weighted by molar-refractivity contribution is -0.151. The fourth-order valence-corrected chi connectivity index (χ4v) is 1.04. The van der Waals surface area contributed by atoms with Crippen molar-refractivity contribution in [3.05, 3.63) is 0 Å². The predicted molar refractivity (Wildman–Crippen MR) is 49.9 cm³/mol. The van der Waals surface area contributed by atoms with Crippen molar-refractivity contribution in [1.82, 2.24) is 0 Å². The molecule has 0 aliphatic heterocycles. The monoisotopic (exact) mass is 194 g/mol. The molecule has 0 aromatic rings. The van der Waals surface area contributed by atoms with E-state index in [0.717, 1.165) is 0 Å². The fraction of sp³-hybridized carbons (Fsp3) is 0.700. The summed E-state index contributed by atoms with van der Waals surface area (Å²) in [5, 5.41) is 17.6. The molecule has 0 saturated heterocycles. The molecule has 0 radical (unpaired) electrons. The Morgan fingerprint density at radius 3 is 2.21 bits per heavy atom. The number of hydrogen-bond acceptors (Lipinski definition) is 4. The quantitative estimate of drug-likeness (QED) is 0.626. The van der Waals surface area contributed by atoms with Gasteiger partial charge in [-0.2, -0.15) is 10.5 Å². The maximum atomic E-state index is 11.1. The molecular formula is C10H14N2O2. The Balaban J connectivity index is 4.46. The molecule has 4 heteroatoms. The van der Waals surface area contributed by atoms with Crippen LogP contribution in [0.15, 0.2) is 0 Å². The van der Waals surface area contributed by atoms with Crippen LogP contribution < -0.4 is 0 Å². The van der Waals surface area contributed by atoms with Crippen LogP contribution in [-0.4, -0.2) is 11.6 Å². The Kier molecular flexibility index (Phi) is 5.33. The summed E-state index contributed by atoms with van der Waals surface area (Å²) in [6, 6.07) is 3.50. The number of ether oxygens (including phenoxy) is 1. The van der Waals surface area contributed by atoms with Gasteiger partial charge in [0.1, 0.15) is 12.1 Å². The first-order valence-corrected chi connectivity index (χ1v) is 4.68. The van der Waals surface area contributed by atoms with Gasteiger partial charge in [0, 0.05) is 12.8 Å². The number of nitrogens with zero attached hydrogens (tertiary/aromatic N) is 2. The number of hydrogen-bond donors (Lipinski definition) is 0. The van der Waals surface area contributed by atoms with Crippen molar-refractivity contribution in [2.45, 2.75) is 45.1 Å². The second-order valence-corrected chi connectivity index (χ2v) is 3.02. The molecule has 14 heavy (non-hydrogen) atoms. The maximum Gasteiger partial charge on any atom is 0.308 e. The van der Waals surface area contributed by atoms with Gasteiger partial charge in [0.2, 0.25) is 0 Å². The Bertz CT molecular complexity index is 259. The molecule has 0 unspecified atom stereocenters. The van der Waals surface area contributed by atoms with Crippen molar-refractivity contribution in [2.75, 3.05) is 0 Å². The van der Waals surface area contributed by atoms with E-state index in [2.05, 4.69) is 0 Å². The van der Waals surface area contributed by atoms with Crippen LogP contribution in [0.3, 0.4) is 0 Å². The third kappa shape index (κ3) is 3.45. The Hall–Kier alpha value is -1.55. The number of esters is 1. The van der Waals surface area contributed by atoms with Gasteiger partial charge in [0.05, 0.1) is 0 Å². The first kappa shape index (κ1) is 12.4. The fourth-order valence-electron chi connectivity index (χ4n) is 1.04. The van der Waals surface area contributed by atoms with Gasteiger partial charge in [-0.3, -0.25) is 4.79 Å². The highest BCUT2D eigenvalue weighted by Crippen LogP contribution is 2.17. The molecule has 0 fully saturated rings. The van der Waals surface area contributed by atoms with Crippen molar-refractivity contribution < 1.29 is 9.53 Å². The van der Waals surface area contributed by atoms with E-state index in [-0.39, 0.29) is 12.8 Å². The lowest BCUT2D eigenvalue weighted by Gasteiger charge is -2.17. The molecule has 0 bridgehead atoms. The van der Waals surface area contributed by atoms with Crippen LogP contribution in [0.1, 0.15) is 39.5 Å². The Morgan fingerprint density at radius 1 is 1.29 bits per heavy atom. The highest BCUT2D eigenvalue weighted by atomic mass is 16.6. The largest absolute Gasteiger partial charge is 0.430 e. The minimum atomic E-state index is -1.58. The Labute approximate surface area is 84.1 Å². The van der Waals surface area contributed by atoms with Gasteiger partial charge in [-0.1, -0.05) is 20.3 Å². The minimum absolute atomic E-state index is 0.245. The topological polar surface area (TPSA) is 73.9 Å². The van der Waals surface area contributed by atoms with Crippen molar-refractivity contribution in [1.29, 1.82) is 10.5 Å². The van der Waals surface area contributed by atoms with Gasteiger partial charge < -0.3 is 4.74 Å². The van der Waals surface area contributed by atoms with Gasteiger partial charge in [0.15, 0.2) is 0 Å². The molecule has 4 nitrogen and oxygen atoms in total. The van der Waals surface area contributed by atoms with Crippen LogP contribution in [0.25, 0.3) is 0 Å². The molecule has 0 spiro atoms. The van der Waals surface area contributed by atoms with E-state index >= 15 is 0 Å². The lowest BCUT2D eigenvalue weighted by atomic mass is 10.0. The summed E-state index contributed by atoms with van der Waals surface area (Å²) in [7, 11) is 0. The normalized spacial score (nSPS) is 10.0. The number of carbonyl (C=O) groups excluding carboxylic acids is 1. The Morgan fingerprint density at radius 2 is 1.86 bits per heavy atom. The summed E-state index contributed by atoms with van der Waals surface area (Å²) in [5.41, 5.74) is -1.58. The van der Waals surface area contributed by atoms with Gasteiger partial charge >= 0.3 is 5.97 Å². The predicted octanol–water partition coefficient (Wildman–Crippen LogP) is 1.92. The van der Waals surface area contributed by atoms with Crippen molar-refractivity contribution in [3.8, 4) is 12.1 Å². The third-order valence-corrected chi connectivity index (χ3v) is 1.71. The molecule has 0 amide bonds. The summed E-state index contributed by atoms with van der Waals surface area (Å²) < 4.78 is 4.86. The van der Waals surface area contributed by atoms with Gasteiger partial charge in [-0.25, -0.2) is 0 Å². The van der Waals surface area contributed by atoms with E-state index in [1.807, 2.05) is 13.8 Å². The first-order chi connectivity index (χ1) is 6.64. The van der Waals surface area contributed by atoms with Crippen LogP contribution in [0.2, 0.25) is 0 Å². The SMILES string of the molecule is CCCC(=O)OC(C#N)(C#N)CCC. The average Bonchev–Trinajstić information content (AvgIpc) is 2.17. The highest BCUT2D eigenvalue weighted by molar-refractivity contribution is 5.70. The van der Waals surface area contributed by atoms with Gasteiger partial charge in [-0.15, -0.1) is 0 Å². The molecule has 0 aromatic carbocycles. The molecule has 0 N–H and O–H groups in total. The highest BCUT2D eigenvalue weighted by Gasteiger charge is 2.33. The van der Waals surface area contributed by atoms with E-state index in [4.69, 9.17) is 15.3 Å². The lowest BCUT2D eigenvalue weighted by Crippen LogP contribution is -2.31. The molecule has 0 aliphatic rings. The number of carbonyl (C=O) groups is 1. The maximum absolute atomic E-state index is 11.1. The molecule has 0 heterocycles. The third-order valence-electron chi connectivity index (χ3n) is 1.71. The molecule has 0 aliphatic carbocycles. The van der Waals surface area contributed by atoms with Crippen LogP contribution in [0, 0.1) is 22.7 Å². The van der Waals surface area contributed by atoms with Gasteiger partial charge in [-0.05, 0) is 6.42 Å². The minimum Gasteiger partial charge on any atom is -0.430 e. The standard InChI is InChI=1S/C10H14N2O2/c1-3-5-9(13)14-10(7-11,8-12)6-4-2/h3-6H2,1-2H3. The average molecular weight is 194 g/mol. The summed E-state index contributed by atoms with van der Waals surface area (Å²) in [4.78, 5) is 11.1. The first-order valence-electron chi connectivity index (χ1n) is 4.68. The summed E-state index contributed by atoms with van der Waals surface area (Å²) in [6.45, 7) is 3.67. The molecule has 0 atom stereocenters. The smallest absolute Gasteiger partial charge is 0.308 e. The van der Waals surface area contributed by atoms with E-state index in [9.17, 15) is 4.79 Å². The summed E-state index contributed by atoms with van der Waals surface area (Å²) in [5.74, 6) is -0.482. The summed E-state index contributed by atoms with van der Waals surface area (Å²) >= 11 is 0. The summed E-state index contributed by atoms with van der Waals surface area (Å²) in [6.07, 6.45) is 1.78. The van der Waals surface area contributed by atoms with Crippen molar-refractivity contribution in [3.63, 3.8) is 0 Å². The second kappa shape index (κ2) is 5.99.